The number of methoxy groups -OCH3 is 3. The molecule has 0 bridgehead atoms. The van der Waals surface area contributed by atoms with E-state index in [9.17, 15) is 4.79 Å². The Balaban J connectivity index is 2.22. The fourth-order valence-electron chi connectivity index (χ4n) is 2.60. The van der Waals surface area contributed by atoms with Crippen molar-refractivity contribution >= 4 is 5.91 Å². The highest BCUT2D eigenvalue weighted by atomic mass is 16.5. The highest BCUT2D eigenvalue weighted by molar-refractivity contribution is 5.99. The number of benzene rings is 2. The maximum Gasteiger partial charge on any atom is 0.259 e. The van der Waals surface area contributed by atoms with Crippen LogP contribution < -0.4 is 19.5 Å². The first kappa shape index (κ1) is 17.7. The van der Waals surface area contributed by atoms with Gasteiger partial charge in [-0.1, -0.05) is 12.1 Å². The summed E-state index contributed by atoms with van der Waals surface area (Å²) < 4.78 is 15.9. The average Bonchev–Trinajstić information content (AvgIpc) is 2.61. The Morgan fingerprint density at radius 2 is 1.46 bits per heavy atom. The minimum absolute atomic E-state index is 0.239. The molecular weight excluding hydrogens is 306 g/mol. The quantitative estimate of drug-likeness (QED) is 0.884. The SMILES string of the molecule is COc1ccc(CNC(=O)c2c(OC)cccc2OC)c(C)c1C. The van der Waals surface area contributed by atoms with Crippen molar-refractivity contribution in [3.63, 3.8) is 0 Å². The Hall–Kier alpha value is -2.69. The Bertz CT molecular complexity index is 718. The zero-order chi connectivity index (χ0) is 17.7. The number of amides is 1. The summed E-state index contributed by atoms with van der Waals surface area (Å²) in [6.45, 7) is 4.43. The molecule has 5 nitrogen and oxygen atoms in total. The van der Waals surface area contributed by atoms with Crippen LogP contribution in [0.15, 0.2) is 30.3 Å². The molecule has 2 aromatic carbocycles. The van der Waals surface area contributed by atoms with Gasteiger partial charge in [0.2, 0.25) is 0 Å². The molecule has 0 aromatic heterocycles. The highest BCUT2D eigenvalue weighted by Gasteiger charge is 2.18. The lowest BCUT2D eigenvalue weighted by molar-refractivity contribution is 0.0944. The van der Waals surface area contributed by atoms with Crippen LogP contribution in [0.4, 0.5) is 0 Å². The van der Waals surface area contributed by atoms with Crippen molar-refractivity contribution in [2.45, 2.75) is 20.4 Å². The van der Waals surface area contributed by atoms with E-state index in [-0.39, 0.29) is 5.91 Å². The van der Waals surface area contributed by atoms with Crippen molar-refractivity contribution in [3.8, 4) is 17.2 Å². The molecule has 1 amide bonds. The summed E-state index contributed by atoms with van der Waals surface area (Å²) in [6.07, 6.45) is 0. The zero-order valence-corrected chi connectivity index (χ0v) is 14.7. The Morgan fingerprint density at radius 3 is 2.00 bits per heavy atom. The molecule has 0 spiro atoms. The van der Waals surface area contributed by atoms with Crippen LogP contribution in [0.25, 0.3) is 0 Å². The fourth-order valence-corrected chi connectivity index (χ4v) is 2.60. The molecule has 0 unspecified atom stereocenters. The summed E-state index contributed by atoms with van der Waals surface area (Å²) in [6, 6.07) is 9.13. The van der Waals surface area contributed by atoms with Gasteiger partial charge in [-0.3, -0.25) is 4.79 Å². The van der Waals surface area contributed by atoms with Gasteiger partial charge in [-0.2, -0.15) is 0 Å². The summed E-state index contributed by atoms with van der Waals surface area (Å²) in [5, 5.41) is 2.93. The molecule has 0 aliphatic heterocycles. The fraction of sp³-hybridized carbons (Fsp3) is 0.316. The second-order valence-corrected chi connectivity index (χ2v) is 5.40. The minimum Gasteiger partial charge on any atom is -0.496 e. The first-order valence-electron chi connectivity index (χ1n) is 7.65. The predicted octanol–water partition coefficient (Wildman–Crippen LogP) is 3.26. The lowest BCUT2D eigenvalue weighted by Gasteiger charge is -2.15. The van der Waals surface area contributed by atoms with Crippen LogP contribution in [-0.2, 0) is 6.54 Å². The van der Waals surface area contributed by atoms with Gasteiger partial charge in [-0.25, -0.2) is 0 Å². The van der Waals surface area contributed by atoms with E-state index in [1.54, 1.807) is 25.3 Å². The Labute approximate surface area is 142 Å². The lowest BCUT2D eigenvalue weighted by Crippen LogP contribution is -2.24. The van der Waals surface area contributed by atoms with Crippen LogP contribution >= 0.6 is 0 Å². The third kappa shape index (κ3) is 3.45. The van der Waals surface area contributed by atoms with Crippen molar-refractivity contribution in [1.82, 2.24) is 5.32 Å². The Morgan fingerprint density at radius 1 is 0.875 bits per heavy atom. The van der Waals surface area contributed by atoms with Gasteiger partial charge in [0.15, 0.2) is 0 Å². The van der Waals surface area contributed by atoms with Crippen LogP contribution in [0.5, 0.6) is 17.2 Å². The molecule has 0 atom stereocenters. The largest absolute Gasteiger partial charge is 0.496 e. The van der Waals surface area contributed by atoms with Gasteiger partial charge in [0.1, 0.15) is 22.8 Å². The van der Waals surface area contributed by atoms with E-state index >= 15 is 0 Å². The van der Waals surface area contributed by atoms with Crippen LogP contribution in [0.2, 0.25) is 0 Å². The standard InChI is InChI=1S/C19H23NO4/c1-12-13(2)15(22-3)10-9-14(12)11-20-19(21)18-16(23-4)7-6-8-17(18)24-5/h6-10H,11H2,1-5H3,(H,20,21). The summed E-state index contributed by atoms with van der Waals surface area (Å²) in [5.41, 5.74) is 3.60. The van der Waals surface area contributed by atoms with E-state index < -0.39 is 0 Å². The molecule has 1 N–H and O–H groups in total. The van der Waals surface area contributed by atoms with Gasteiger partial charge in [0, 0.05) is 6.54 Å². The molecule has 0 aliphatic rings. The number of nitrogens with one attached hydrogen (secondary N) is 1. The van der Waals surface area contributed by atoms with Gasteiger partial charge in [-0.05, 0) is 48.7 Å². The highest BCUT2D eigenvalue weighted by Crippen LogP contribution is 2.28. The van der Waals surface area contributed by atoms with Crippen LogP contribution in [0.1, 0.15) is 27.0 Å². The Kier molecular flexibility index (Phi) is 5.68. The second kappa shape index (κ2) is 7.73. The maximum atomic E-state index is 12.6. The van der Waals surface area contributed by atoms with Crippen molar-refractivity contribution < 1.29 is 19.0 Å². The molecule has 2 aromatic rings. The normalized spacial score (nSPS) is 10.2. The molecular formula is C19H23NO4. The zero-order valence-electron chi connectivity index (χ0n) is 14.7. The number of carbonyl (C=O) groups is 1. The van der Waals surface area contributed by atoms with Crippen molar-refractivity contribution in [1.29, 1.82) is 0 Å². The summed E-state index contributed by atoms with van der Waals surface area (Å²) in [7, 11) is 4.71. The molecule has 0 saturated carbocycles. The number of carbonyl (C=O) groups excluding carboxylic acids is 1. The summed E-state index contributed by atoms with van der Waals surface area (Å²) in [4.78, 5) is 12.6. The minimum atomic E-state index is -0.239. The molecule has 24 heavy (non-hydrogen) atoms. The van der Waals surface area contributed by atoms with E-state index in [0.717, 1.165) is 22.4 Å². The summed E-state index contributed by atoms with van der Waals surface area (Å²) >= 11 is 0. The second-order valence-electron chi connectivity index (χ2n) is 5.40. The number of hydrogen-bond donors (Lipinski definition) is 1. The predicted molar refractivity (Wildman–Crippen MR) is 93.2 cm³/mol. The van der Waals surface area contributed by atoms with Crippen LogP contribution in [0.3, 0.4) is 0 Å². The monoisotopic (exact) mass is 329 g/mol. The molecule has 5 heteroatoms. The van der Waals surface area contributed by atoms with Gasteiger partial charge in [0.05, 0.1) is 21.3 Å². The van der Waals surface area contributed by atoms with E-state index in [4.69, 9.17) is 14.2 Å². The van der Waals surface area contributed by atoms with E-state index in [2.05, 4.69) is 5.32 Å². The van der Waals surface area contributed by atoms with E-state index in [1.165, 1.54) is 14.2 Å². The smallest absolute Gasteiger partial charge is 0.259 e. The van der Waals surface area contributed by atoms with Crippen molar-refractivity contribution in [2.75, 3.05) is 21.3 Å². The summed E-state index contributed by atoms with van der Waals surface area (Å²) in [5.74, 6) is 1.56. The third-order valence-electron chi connectivity index (χ3n) is 4.16. The molecule has 0 heterocycles. The van der Waals surface area contributed by atoms with E-state index in [1.807, 2.05) is 26.0 Å². The van der Waals surface area contributed by atoms with Gasteiger partial charge >= 0.3 is 0 Å². The van der Waals surface area contributed by atoms with Crippen LogP contribution in [-0.4, -0.2) is 27.2 Å². The molecule has 2 rings (SSSR count). The van der Waals surface area contributed by atoms with Crippen LogP contribution in [0, 0.1) is 13.8 Å². The third-order valence-corrected chi connectivity index (χ3v) is 4.16. The average molecular weight is 329 g/mol. The topological polar surface area (TPSA) is 56.8 Å². The molecule has 0 radical (unpaired) electrons. The van der Waals surface area contributed by atoms with Crippen molar-refractivity contribution in [2.24, 2.45) is 0 Å². The number of ether oxygens (including phenoxy) is 3. The number of hydrogen-bond acceptors (Lipinski definition) is 4. The lowest BCUT2D eigenvalue weighted by atomic mass is 10.0. The maximum absolute atomic E-state index is 12.6. The van der Waals surface area contributed by atoms with Crippen molar-refractivity contribution in [3.05, 3.63) is 52.6 Å². The van der Waals surface area contributed by atoms with Gasteiger partial charge in [-0.15, -0.1) is 0 Å². The molecule has 0 fully saturated rings. The molecule has 0 saturated heterocycles. The van der Waals surface area contributed by atoms with Gasteiger partial charge < -0.3 is 19.5 Å². The number of rotatable bonds is 6. The molecule has 128 valence electrons. The van der Waals surface area contributed by atoms with Gasteiger partial charge in [0.25, 0.3) is 5.91 Å². The molecule has 0 aliphatic carbocycles. The first-order valence-corrected chi connectivity index (χ1v) is 7.65. The first-order chi connectivity index (χ1) is 11.5. The van der Waals surface area contributed by atoms with E-state index in [0.29, 0.717) is 23.6 Å².